The number of hydrogen-bond acceptors (Lipinski definition) is 2. The molecule has 0 amide bonds. The minimum absolute atomic E-state index is 0.00342. The van der Waals surface area contributed by atoms with Crippen LogP contribution in [0, 0.1) is 11.6 Å². The van der Waals surface area contributed by atoms with Crippen LogP contribution in [0.2, 0.25) is 0 Å². The van der Waals surface area contributed by atoms with Gasteiger partial charge in [-0.3, -0.25) is 4.79 Å². The summed E-state index contributed by atoms with van der Waals surface area (Å²) in [7, 11) is 1.57. The van der Waals surface area contributed by atoms with Crippen molar-refractivity contribution < 1.29 is 18.3 Å². The molecule has 0 N–H and O–H groups in total. The van der Waals surface area contributed by atoms with Gasteiger partial charge in [0.1, 0.15) is 17.4 Å². The molecule has 0 saturated heterocycles. The number of benzene rings is 1. The molecule has 0 saturated carbocycles. The zero-order valence-electron chi connectivity index (χ0n) is 10.0. The molecule has 2 nitrogen and oxygen atoms in total. The Hall–Kier alpha value is -1.29. The highest BCUT2D eigenvalue weighted by Crippen LogP contribution is 2.12. The molecule has 1 aromatic rings. The maximum absolute atomic E-state index is 13.3. The summed E-state index contributed by atoms with van der Waals surface area (Å²) in [6.07, 6.45) is 0.827. The third kappa shape index (κ3) is 4.61. The minimum Gasteiger partial charge on any atom is -0.382 e. The molecular weight excluding hydrogens is 226 g/mol. The number of methoxy groups -OCH3 is 1. The monoisotopic (exact) mass is 242 g/mol. The molecule has 0 aliphatic heterocycles. The van der Waals surface area contributed by atoms with Crippen molar-refractivity contribution in [1.29, 1.82) is 0 Å². The van der Waals surface area contributed by atoms with E-state index >= 15 is 0 Å². The highest BCUT2D eigenvalue weighted by molar-refractivity contribution is 5.80. The number of carbonyl (C=O) groups is 1. The Labute approximate surface area is 99.6 Å². The molecule has 1 atom stereocenters. The van der Waals surface area contributed by atoms with Crippen LogP contribution in [-0.4, -0.2) is 19.0 Å². The lowest BCUT2D eigenvalue weighted by molar-refractivity contribution is -0.119. The highest BCUT2D eigenvalue weighted by Gasteiger charge is 2.11. The number of rotatable bonds is 6. The van der Waals surface area contributed by atoms with Crippen LogP contribution in [0.3, 0.4) is 0 Å². The van der Waals surface area contributed by atoms with E-state index in [1.807, 2.05) is 6.92 Å². The third-order valence-electron chi connectivity index (χ3n) is 2.63. The first-order chi connectivity index (χ1) is 8.02. The average Bonchev–Trinajstić information content (AvgIpc) is 2.30. The van der Waals surface area contributed by atoms with Crippen LogP contribution >= 0.6 is 0 Å². The van der Waals surface area contributed by atoms with Gasteiger partial charge in [0.2, 0.25) is 0 Å². The number of halogens is 2. The Morgan fingerprint density at radius 1 is 1.41 bits per heavy atom. The molecule has 1 unspecified atom stereocenters. The Bertz CT molecular complexity index is 391. The van der Waals surface area contributed by atoms with Crippen molar-refractivity contribution in [3.8, 4) is 0 Å². The zero-order valence-corrected chi connectivity index (χ0v) is 10.0. The molecule has 0 aromatic heterocycles. The number of hydrogen-bond donors (Lipinski definition) is 0. The molecule has 0 bridgehead atoms. The van der Waals surface area contributed by atoms with E-state index in [1.54, 1.807) is 7.11 Å². The fraction of sp³-hybridized carbons (Fsp3) is 0.462. The van der Waals surface area contributed by atoms with Crippen molar-refractivity contribution in [2.24, 2.45) is 0 Å². The lowest BCUT2D eigenvalue weighted by atomic mass is 10.0. The van der Waals surface area contributed by atoms with Crippen molar-refractivity contribution in [2.75, 3.05) is 7.11 Å². The van der Waals surface area contributed by atoms with Crippen LogP contribution in [-0.2, 0) is 16.0 Å². The average molecular weight is 242 g/mol. The molecular formula is C13H16F2O2. The smallest absolute Gasteiger partial charge is 0.137 e. The molecule has 1 aromatic carbocycles. The number of ether oxygens (including phenoxy) is 1. The van der Waals surface area contributed by atoms with Gasteiger partial charge >= 0.3 is 0 Å². The summed E-state index contributed by atoms with van der Waals surface area (Å²) in [5.74, 6) is -1.18. The molecule has 94 valence electrons. The minimum atomic E-state index is -0.542. The number of ketones is 1. The maximum atomic E-state index is 13.3. The van der Waals surface area contributed by atoms with E-state index in [-0.39, 0.29) is 23.9 Å². The zero-order chi connectivity index (χ0) is 12.8. The second-order valence-electron chi connectivity index (χ2n) is 4.04. The summed E-state index contributed by atoms with van der Waals surface area (Å²) in [6, 6.07) is 3.14. The molecule has 0 heterocycles. The van der Waals surface area contributed by atoms with Crippen LogP contribution in [0.25, 0.3) is 0 Å². The topological polar surface area (TPSA) is 26.3 Å². The summed E-state index contributed by atoms with van der Waals surface area (Å²) in [5.41, 5.74) is 0.111. The van der Waals surface area contributed by atoms with E-state index in [1.165, 1.54) is 0 Å². The van der Waals surface area contributed by atoms with Gasteiger partial charge in [0.25, 0.3) is 0 Å². The molecule has 1 rings (SSSR count). The summed E-state index contributed by atoms with van der Waals surface area (Å²) in [4.78, 5) is 11.6. The van der Waals surface area contributed by atoms with Crippen molar-refractivity contribution in [3.05, 3.63) is 35.4 Å². The van der Waals surface area contributed by atoms with Crippen molar-refractivity contribution in [1.82, 2.24) is 0 Å². The van der Waals surface area contributed by atoms with E-state index in [2.05, 4.69) is 0 Å². The molecule has 4 heteroatoms. The molecule has 0 spiro atoms. The van der Waals surface area contributed by atoms with Crippen molar-refractivity contribution in [3.63, 3.8) is 0 Å². The Balaban J connectivity index is 2.53. The number of Topliss-reactive ketones (excluding diaryl/α,β-unsaturated/α-hetero) is 1. The van der Waals surface area contributed by atoms with E-state index < -0.39 is 11.6 Å². The first-order valence-electron chi connectivity index (χ1n) is 5.51. The van der Waals surface area contributed by atoms with Gasteiger partial charge in [-0.15, -0.1) is 0 Å². The largest absolute Gasteiger partial charge is 0.382 e. The van der Waals surface area contributed by atoms with E-state index in [0.717, 1.165) is 18.2 Å². The van der Waals surface area contributed by atoms with Gasteiger partial charge < -0.3 is 4.74 Å². The van der Waals surface area contributed by atoms with E-state index in [4.69, 9.17) is 4.74 Å². The lowest BCUT2D eigenvalue weighted by Crippen LogP contribution is -2.10. The normalized spacial score (nSPS) is 12.5. The predicted octanol–water partition coefficient (Wildman–Crippen LogP) is 2.89. The molecule has 0 radical (unpaired) electrons. The van der Waals surface area contributed by atoms with Gasteiger partial charge in [0, 0.05) is 20.0 Å². The third-order valence-corrected chi connectivity index (χ3v) is 2.63. The van der Waals surface area contributed by atoms with E-state index in [0.29, 0.717) is 12.8 Å². The fourth-order valence-electron chi connectivity index (χ4n) is 1.46. The summed E-state index contributed by atoms with van der Waals surface area (Å²) in [5, 5.41) is 0. The Kier molecular flexibility index (Phi) is 5.22. The molecule has 0 fully saturated rings. The van der Waals surface area contributed by atoms with Crippen LogP contribution in [0.15, 0.2) is 18.2 Å². The van der Waals surface area contributed by atoms with Crippen molar-refractivity contribution >= 4 is 5.78 Å². The maximum Gasteiger partial charge on any atom is 0.137 e. The lowest BCUT2D eigenvalue weighted by Gasteiger charge is -2.08. The van der Waals surface area contributed by atoms with Crippen LogP contribution < -0.4 is 0 Å². The van der Waals surface area contributed by atoms with Gasteiger partial charge in [-0.05, 0) is 37.1 Å². The fourth-order valence-corrected chi connectivity index (χ4v) is 1.46. The Morgan fingerprint density at radius 3 is 2.76 bits per heavy atom. The first-order valence-corrected chi connectivity index (χ1v) is 5.51. The summed E-state index contributed by atoms with van der Waals surface area (Å²) >= 11 is 0. The van der Waals surface area contributed by atoms with Crippen LogP contribution in [0.1, 0.15) is 25.3 Å². The second-order valence-corrected chi connectivity index (χ2v) is 4.04. The van der Waals surface area contributed by atoms with Gasteiger partial charge in [0.15, 0.2) is 0 Å². The number of carbonyl (C=O) groups excluding carboxylic acids is 1. The highest BCUT2D eigenvalue weighted by atomic mass is 19.1. The van der Waals surface area contributed by atoms with Gasteiger partial charge in [0.05, 0.1) is 6.10 Å². The standard InChI is InChI=1S/C13H16F2O2/c1-9(17-2)3-5-12(16)8-10-7-11(14)4-6-13(10)15/h4,6-7,9H,3,5,8H2,1-2H3. The Morgan fingerprint density at radius 2 is 2.12 bits per heavy atom. The van der Waals surface area contributed by atoms with E-state index in [9.17, 15) is 13.6 Å². The predicted molar refractivity (Wildman–Crippen MR) is 60.8 cm³/mol. The quantitative estimate of drug-likeness (QED) is 0.766. The summed E-state index contributed by atoms with van der Waals surface area (Å²) < 4.78 is 31.1. The first kappa shape index (κ1) is 13.8. The van der Waals surface area contributed by atoms with Gasteiger partial charge in [-0.25, -0.2) is 8.78 Å². The van der Waals surface area contributed by atoms with Gasteiger partial charge in [-0.1, -0.05) is 0 Å². The molecule has 17 heavy (non-hydrogen) atoms. The van der Waals surface area contributed by atoms with Crippen molar-refractivity contribution in [2.45, 2.75) is 32.3 Å². The van der Waals surface area contributed by atoms with Crippen LogP contribution in [0.5, 0.6) is 0 Å². The molecule has 0 aliphatic carbocycles. The molecule has 0 aliphatic rings. The SMILES string of the molecule is COC(C)CCC(=O)Cc1cc(F)ccc1F. The van der Waals surface area contributed by atoms with Gasteiger partial charge in [-0.2, -0.15) is 0 Å². The second kappa shape index (κ2) is 6.45. The summed E-state index contributed by atoms with van der Waals surface area (Å²) in [6.45, 7) is 1.86. The van der Waals surface area contributed by atoms with Crippen LogP contribution in [0.4, 0.5) is 8.78 Å².